The maximum Gasteiger partial charge on any atom is 0.260 e. The van der Waals surface area contributed by atoms with Gasteiger partial charge >= 0.3 is 0 Å². The molecule has 0 spiro atoms. The Morgan fingerprint density at radius 2 is 1.53 bits per heavy atom. The molecule has 4 aliphatic carbocycles. The zero-order valence-corrected chi connectivity index (χ0v) is 11.1. The molecule has 1 aromatic carbocycles. The Kier molecular flexibility index (Phi) is 1.78. The molecule has 19 heavy (non-hydrogen) atoms. The Bertz CT molecular complexity index is 541. The minimum Gasteiger partial charge on any atom is -0.301 e. The van der Waals surface area contributed by atoms with Crippen molar-refractivity contribution in [1.82, 2.24) is 0 Å². The van der Waals surface area contributed by atoms with Crippen LogP contribution in [0.2, 0.25) is 0 Å². The lowest BCUT2D eigenvalue weighted by molar-refractivity contribution is -0.00480. The second-order valence-electron chi connectivity index (χ2n) is 7.30. The number of nitrogens with zero attached hydrogens (tertiary/aromatic N) is 1. The minimum absolute atomic E-state index is 0.195. The van der Waals surface area contributed by atoms with Crippen molar-refractivity contribution in [3.8, 4) is 0 Å². The summed E-state index contributed by atoms with van der Waals surface area (Å²) >= 11 is 0. The van der Waals surface area contributed by atoms with Crippen LogP contribution in [0.15, 0.2) is 24.3 Å². The molecule has 4 bridgehead atoms. The number of carbonyl (C=O) groups excluding carboxylic acids is 1. The average molecular weight is 253 g/mol. The predicted molar refractivity (Wildman–Crippen MR) is 74.2 cm³/mol. The van der Waals surface area contributed by atoms with Gasteiger partial charge in [0.25, 0.3) is 5.91 Å². The van der Waals surface area contributed by atoms with Gasteiger partial charge in [-0.2, -0.15) is 0 Å². The predicted octanol–water partition coefficient (Wildman–Crippen LogP) is 3.62. The number of para-hydroxylation sites is 1. The van der Waals surface area contributed by atoms with E-state index in [2.05, 4.69) is 17.0 Å². The fourth-order valence-corrected chi connectivity index (χ4v) is 5.84. The highest BCUT2D eigenvalue weighted by Gasteiger charge is 2.57. The van der Waals surface area contributed by atoms with Crippen LogP contribution >= 0.6 is 0 Å². The van der Waals surface area contributed by atoms with Crippen LogP contribution in [0.25, 0.3) is 0 Å². The number of amides is 1. The van der Waals surface area contributed by atoms with Crippen molar-refractivity contribution in [2.45, 2.75) is 44.1 Å². The third-order valence-corrected chi connectivity index (χ3v) is 6.06. The first-order valence-electron chi connectivity index (χ1n) is 7.69. The van der Waals surface area contributed by atoms with Crippen molar-refractivity contribution >= 4 is 11.6 Å². The van der Waals surface area contributed by atoms with Crippen molar-refractivity contribution in [3.63, 3.8) is 0 Å². The van der Waals surface area contributed by atoms with Gasteiger partial charge in [-0.15, -0.1) is 0 Å². The summed E-state index contributed by atoms with van der Waals surface area (Å²) in [7, 11) is 0. The summed E-state index contributed by atoms with van der Waals surface area (Å²) in [6.45, 7) is 0. The molecular weight excluding hydrogens is 234 g/mol. The van der Waals surface area contributed by atoms with E-state index >= 15 is 0 Å². The van der Waals surface area contributed by atoms with E-state index in [1.807, 2.05) is 12.1 Å². The van der Waals surface area contributed by atoms with E-state index in [4.69, 9.17) is 0 Å². The van der Waals surface area contributed by atoms with Crippen LogP contribution in [-0.4, -0.2) is 11.4 Å². The highest BCUT2D eigenvalue weighted by atomic mass is 16.2. The summed E-state index contributed by atoms with van der Waals surface area (Å²) in [6, 6.07) is 8.16. The molecule has 6 rings (SSSR count). The Morgan fingerprint density at radius 1 is 0.947 bits per heavy atom. The fraction of sp³-hybridized carbons (Fsp3) is 0.588. The second kappa shape index (κ2) is 3.23. The smallest absolute Gasteiger partial charge is 0.260 e. The lowest BCUT2D eigenvalue weighted by atomic mass is 9.52. The molecule has 1 heterocycles. The highest BCUT2D eigenvalue weighted by Crippen LogP contribution is 2.60. The number of rotatable bonds is 1. The van der Waals surface area contributed by atoms with Crippen LogP contribution in [0.5, 0.6) is 0 Å². The number of benzene rings is 1. The topological polar surface area (TPSA) is 20.3 Å². The maximum absolute atomic E-state index is 12.5. The van der Waals surface area contributed by atoms with Gasteiger partial charge in [0.1, 0.15) is 0 Å². The Hall–Kier alpha value is -1.31. The molecular formula is C17H19NO. The Balaban J connectivity index is 1.59. The molecule has 2 nitrogen and oxygen atoms in total. The molecule has 0 saturated heterocycles. The summed E-state index contributed by atoms with van der Waals surface area (Å²) in [5.74, 6) is 2.97. The molecule has 1 amide bonds. The van der Waals surface area contributed by atoms with Gasteiger partial charge in [0.15, 0.2) is 0 Å². The first kappa shape index (κ1) is 10.5. The Labute approximate surface area is 113 Å². The minimum atomic E-state index is 0.195. The molecule has 0 aromatic heterocycles. The van der Waals surface area contributed by atoms with Crippen molar-refractivity contribution in [2.24, 2.45) is 17.8 Å². The summed E-state index contributed by atoms with van der Waals surface area (Å²) < 4.78 is 0. The molecule has 1 aromatic rings. The third kappa shape index (κ3) is 1.20. The van der Waals surface area contributed by atoms with E-state index in [1.54, 1.807) is 0 Å². The van der Waals surface area contributed by atoms with Gasteiger partial charge in [0.05, 0.1) is 11.3 Å². The van der Waals surface area contributed by atoms with Crippen LogP contribution in [0.4, 0.5) is 5.69 Å². The molecule has 0 atom stereocenters. The summed E-state index contributed by atoms with van der Waals surface area (Å²) in [6.07, 6.45) is 8.09. The normalized spacial score (nSPS) is 42.2. The molecule has 4 fully saturated rings. The van der Waals surface area contributed by atoms with E-state index in [0.29, 0.717) is 0 Å². The standard InChI is InChI=1S/C17H19NO/c19-16-14-3-1-2-4-15(14)18(16)17-8-11-5-12(9-17)7-13(6-11)10-17/h1-4,11-13H,5-10H2. The second-order valence-corrected chi connectivity index (χ2v) is 7.30. The van der Waals surface area contributed by atoms with Gasteiger partial charge in [-0.05, 0) is 68.4 Å². The van der Waals surface area contributed by atoms with E-state index < -0.39 is 0 Å². The first-order valence-corrected chi connectivity index (χ1v) is 7.69. The van der Waals surface area contributed by atoms with E-state index in [-0.39, 0.29) is 11.4 Å². The monoisotopic (exact) mass is 253 g/mol. The SMILES string of the molecule is O=C1c2ccccc2N1C12CC3CC(CC(C3)C1)C2. The average Bonchev–Trinajstić information content (AvgIpc) is 2.36. The lowest BCUT2D eigenvalue weighted by Crippen LogP contribution is -2.65. The number of anilines is 1. The van der Waals surface area contributed by atoms with E-state index in [1.165, 1.54) is 44.2 Å². The Morgan fingerprint density at radius 3 is 2.16 bits per heavy atom. The lowest BCUT2D eigenvalue weighted by Gasteiger charge is -2.62. The van der Waals surface area contributed by atoms with E-state index in [9.17, 15) is 4.79 Å². The van der Waals surface area contributed by atoms with Gasteiger partial charge in [0.2, 0.25) is 0 Å². The van der Waals surface area contributed by atoms with E-state index in [0.717, 1.165) is 23.3 Å². The summed E-state index contributed by atoms with van der Waals surface area (Å²) in [4.78, 5) is 14.7. The van der Waals surface area contributed by atoms with Crippen LogP contribution in [-0.2, 0) is 0 Å². The van der Waals surface area contributed by atoms with Crippen LogP contribution in [0.1, 0.15) is 48.9 Å². The molecule has 2 heteroatoms. The van der Waals surface area contributed by atoms with Gasteiger partial charge in [-0.3, -0.25) is 4.79 Å². The van der Waals surface area contributed by atoms with Crippen LogP contribution < -0.4 is 4.90 Å². The third-order valence-electron chi connectivity index (χ3n) is 6.06. The number of hydrogen-bond donors (Lipinski definition) is 0. The molecule has 5 aliphatic rings. The number of hydrogen-bond acceptors (Lipinski definition) is 1. The first-order chi connectivity index (χ1) is 9.25. The summed E-state index contributed by atoms with van der Waals surface area (Å²) in [5, 5.41) is 0. The zero-order valence-electron chi connectivity index (χ0n) is 11.1. The van der Waals surface area contributed by atoms with Crippen LogP contribution in [0.3, 0.4) is 0 Å². The quantitative estimate of drug-likeness (QED) is 0.748. The van der Waals surface area contributed by atoms with Crippen molar-refractivity contribution in [1.29, 1.82) is 0 Å². The molecule has 0 N–H and O–H groups in total. The molecule has 0 radical (unpaired) electrons. The largest absolute Gasteiger partial charge is 0.301 e. The highest BCUT2D eigenvalue weighted by molar-refractivity contribution is 6.20. The summed E-state index contributed by atoms with van der Waals surface area (Å²) in [5.41, 5.74) is 2.34. The molecule has 1 aliphatic heterocycles. The van der Waals surface area contributed by atoms with Crippen LogP contribution in [0, 0.1) is 17.8 Å². The fourth-order valence-electron chi connectivity index (χ4n) is 5.84. The molecule has 98 valence electrons. The van der Waals surface area contributed by atoms with Gasteiger partial charge < -0.3 is 4.90 Å². The van der Waals surface area contributed by atoms with Gasteiger partial charge in [-0.25, -0.2) is 0 Å². The molecule has 0 unspecified atom stereocenters. The van der Waals surface area contributed by atoms with Crippen molar-refractivity contribution in [2.75, 3.05) is 4.90 Å². The van der Waals surface area contributed by atoms with Gasteiger partial charge in [-0.1, -0.05) is 12.1 Å². The van der Waals surface area contributed by atoms with Crippen molar-refractivity contribution in [3.05, 3.63) is 29.8 Å². The number of fused-ring (bicyclic) bond motifs is 1. The van der Waals surface area contributed by atoms with Crippen molar-refractivity contribution < 1.29 is 4.79 Å². The number of carbonyl (C=O) groups is 1. The van der Waals surface area contributed by atoms with Gasteiger partial charge in [0, 0.05) is 5.54 Å². The maximum atomic E-state index is 12.5. The zero-order chi connectivity index (χ0) is 12.6. The molecule has 4 saturated carbocycles.